The third-order valence-corrected chi connectivity index (χ3v) is 9.16. The van der Waals surface area contributed by atoms with E-state index in [0.717, 1.165) is 59.0 Å². The summed E-state index contributed by atoms with van der Waals surface area (Å²) in [5.41, 5.74) is 4.87. The van der Waals surface area contributed by atoms with E-state index in [1.807, 2.05) is 37.8 Å². The van der Waals surface area contributed by atoms with Crippen LogP contribution in [0.4, 0.5) is 0 Å². The summed E-state index contributed by atoms with van der Waals surface area (Å²) in [6.07, 6.45) is 3.68. The van der Waals surface area contributed by atoms with E-state index in [2.05, 4.69) is 6.07 Å². The van der Waals surface area contributed by atoms with Crippen LogP contribution in [-0.2, 0) is 27.8 Å². The number of fused-ring (bicyclic) bond motifs is 2. The molecule has 2 fully saturated rings. The van der Waals surface area contributed by atoms with Gasteiger partial charge in [0.1, 0.15) is 0 Å². The Morgan fingerprint density at radius 2 is 1.68 bits per heavy atom. The van der Waals surface area contributed by atoms with Crippen LogP contribution in [0.5, 0.6) is 0 Å². The third kappa shape index (κ3) is 4.34. The number of aryl methyl sites for hydroxylation is 2. The number of amides is 1. The first kappa shape index (κ1) is 23.7. The van der Waals surface area contributed by atoms with E-state index in [-0.39, 0.29) is 18.1 Å². The van der Waals surface area contributed by atoms with Crippen molar-refractivity contribution in [1.29, 1.82) is 0 Å². The van der Waals surface area contributed by atoms with E-state index >= 15 is 0 Å². The number of hydrogen-bond acceptors (Lipinski definition) is 5. The molecule has 184 valence electrons. The first-order chi connectivity index (χ1) is 16.2. The van der Waals surface area contributed by atoms with Crippen LogP contribution in [0.25, 0.3) is 10.9 Å². The maximum atomic E-state index is 13.8. The van der Waals surface area contributed by atoms with Crippen molar-refractivity contribution in [1.82, 2.24) is 18.5 Å². The summed E-state index contributed by atoms with van der Waals surface area (Å²) in [5, 5.41) is 0.914. The second-order valence-corrected chi connectivity index (χ2v) is 11.8. The average molecular weight is 487 g/mol. The van der Waals surface area contributed by atoms with E-state index in [1.165, 1.54) is 8.61 Å². The SMILES string of the molecule is Cc1ccc2nc3c(c(C(=O)N4CCN(S(=O)(=O)N5CC(C)OC(C)C5)CC4)c2c1)CCCC3. The number of pyridine rings is 1. The molecule has 0 bridgehead atoms. The molecule has 1 aromatic carbocycles. The number of morpholine rings is 1. The van der Waals surface area contributed by atoms with Crippen LogP contribution in [0, 0.1) is 6.92 Å². The summed E-state index contributed by atoms with van der Waals surface area (Å²) in [6, 6.07) is 6.10. The zero-order valence-electron chi connectivity index (χ0n) is 20.3. The molecule has 2 saturated heterocycles. The largest absolute Gasteiger partial charge is 0.373 e. The number of carbonyl (C=O) groups is 1. The Bertz CT molecular complexity index is 1200. The Morgan fingerprint density at radius 1 is 1.00 bits per heavy atom. The van der Waals surface area contributed by atoms with Crippen molar-refractivity contribution in [2.45, 2.75) is 58.7 Å². The summed E-state index contributed by atoms with van der Waals surface area (Å²) < 4.78 is 35.3. The van der Waals surface area contributed by atoms with Gasteiger partial charge in [-0.25, -0.2) is 0 Å². The zero-order chi connectivity index (χ0) is 24.0. The lowest BCUT2D eigenvalue weighted by molar-refractivity contribution is -0.0457. The normalized spacial score (nSPS) is 24.9. The summed E-state index contributed by atoms with van der Waals surface area (Å²) in [6.45, 7) is 7.93. The van der Waals surface area contributed by atoms with Crippen LogP contribution in [0.15, 0.2) is 18.2 Å². The Kier molecular flexibility index (Phi) is 6.39. The van der Waals surface area contributed by atoms with Crippen molar-refractivity contribution >= 4 is 27.0 Å². The second kappa shape index (κ2) is 9.18. The van der Waals surface area contributed by atoms with E-state index in [9.17, 15) is 13.2 Å². The third-order valence-electron chi connectivity index (χ3n) is 7.20. The van der Waals surface area contributed by atoms with Crippen molar-refractivity contribution < 1.29 is 17.9 Å². The number of carbonyl (C=O) groups excluding carboxylic acids is 1. The van der Waals surface area contributed by atoms with Gasteiger partial charge in [0.15, 0.2) is 0 Å². The van der Waals surface area contributed by atoms with Crippen molar-refractivity contribution in [2.24, 2.45) is 0 Å². The highest BCUT2D eigenvalue weighted by molar-refractivity contribution is 7.86. The van der Waals surface area contributed by atoms with Gasteiger partial charge in [-0.1, -0.05) is 11.6 Å². The minimum Gasteiger partial charge on any atom is -0.373 e. The maximum Gasteiger partial charge on any atom is 0.282 e. The molecule has 34 heavy (non-hydrogen) atoms. The molecule has 9 heteroatoms. The van der Waals surface area contributed by atoms with Crippen molar-refractivity contribution in [3.8, 4) is 0 Å². The molecule has 1 aromatic heterocycles. The van der Waals surface area contributed by atoms with Crippen LogP contribution < -0.4 is 0 Å². The Morgan fingerprint density at radius 3 is 2.38 bits per heavy atom. The lowest BCUT2D eigenvalue weighted by Crippen LogP contribution is -2.57. The van der Waals surface area contributed by atoms with Crippen LogP contribution >= 0.6 is 0 Å². The number of hydrogen-bond donors (Lipinski definition) is 0. The average Bonchev–Trinajstić information content (AvgIpc) is 2.81. The van der Waals surface area contributed by atoms with Crippen molar-refractivity contribution in [3.05, 3.63) is 40.6 Å². The van der Waals surface area contributed by atoms with Crippen LogP contribution in [-0.4, -0.2) is 84.3 Å². The van der Waals surface area contributed by atoms with Crippen LogP contribution in [0.1, 0.15) is 53.9 Å². The highest BCUT2D eigenvalue weighted by Gasteiger charge is 2.38. The molecule has 0 N–H and O–H groups in total. The van der Waals surface area contributed by atoms with Gasteiger partial charge >= 0.3 is 0 Å². The first-order valence-corrected chi connectivity index (χ1v) is 13.8. The molecule has 0 spiro atoms. The molecule has 5 rings (SSSR count). The van der Waals surface area contributed by atoms with Gasteiger partial charge in [-0.2, -0.15) is 17.0 Å². The minimum absolute atomic E-state index is 0.00168. The van der Waals surface area contributed by atoms with E-state index < -0.39 is 10.2 Å². The topological polar surface area (TPSA) is 83.1 Å². The molecule has 2 unspecified atom stereocenters. The number of piperazine rings is 1. The number of ether oxygens (including phenoxy) is 1. The van der Waals surface area contributed by atoms with Gasteiger partial charge in [-0.15, -0.1) is 0 Å². The molecule has 0 radical (unpaired) electrons. The summed E-state index contributed by atoms with van der Waals surface area (Å²) in [7, 11) is -3.58. The van der Waals surface area contributed by atoms with Gasteiger partial charge in [0, 0.05) is 50.3 Å². The Labute approximate surface area is 202 Å². The molecule has 3 heterocycles. The van der Waals surface area contributed by atoms with Gasteiger partial charge < -0.3 is 9.64 Å². The molecule has 0 saturated carbocycles. The number of nitrogens with zero attached hydrogens (tertiary/aromatic N) is 4. The number of aromatic nitrogens is 1. The molecular weight excluding hydrogens is 452 g/mol. The number of benzene rings is 1. The number of rotatable bonds is 3. The summed E-state index contributed by atoms with van der Waals surface area (Å²) in [5.74, 6) is 0.00168. The quantitative estimate of drug-likeness (QED) is 0.666. The lowest BCUT2D eigenvalue weighted by atomic mass is 9.89. The van der Waals surface area contributed by atoms with Gasteiger partial charge in [0.2, 0.25) is 0 Å². The van der Waals surface area contributed by atoms with Crippen molar-refractivity contribution in [3.63, 3.8) is 0 Å². The van der Waals surface area contributed by atoms with Gasteiger partial charge in [0.05, 0.1) is 23.3 Å². The summed E-state index contributed by atoms with van der Waals surface area (Å²) in [4.78, 5) is 20.5. The van der Waals surface area contributed by atoms with Crippen molar-refractivity contribution in [2.75, 3.05) is 39.3 Å². The zero-order valence-corrected chi connectivity index (χ0v) is 21.1. The highest BCUT2D eigenvalue weighted by atomic mass is 32.2. The van der Waals surface area contributed by atoms with E-state index in [1.54, 1.807) is 0 Å². The minimum atomic E-state index is -3.58. The molecule has 3 aliphatic rings. The molecule has 1 aliphatic carbocycles. The fraction of sp³-hybridized carbons (Fsp3) is 0.600. The summed E-state index contributed by atoms with van der Waals surface area (Å²) >= 11 is 0. The smallest absolute Gasteiger partial charge is 0.282 e. The van der Waals surface area contributed by atoms with E-state index in [4.69, 9.17) is 9.72 Å². The molecule has 1 amide bonds. The Balaban J connectivity index is 1.38. The van der Waals surface area contributed by atoms with Gasteiger partial charge in [-0.05, 0) is 64.2 Å². The molecule has 2 aliphatic heterocycles. The Hall–Kier alpha value is -2.07. The second-order valence-electron chi connectivity index (χ2n) is 9.91. The molecule has 8 nitrogen and oxygen atoms in total. The lowest BCUT2D eigenvalue weighted by Gasteiger charge is -2.40. The van der Waals surface area contributed by atoms with Crippen LogP contribution in [0.3, 0.4) is 0 Å². The van der Waals surface area contributed by atoms with Crippen LogP contribution in [0.2, 0.25) is 0 Å². The predicted octanol–water partition coefficient (Wildman–Crippen LogP) is 2.53. The maximum absolute atomic E-state index is 13.8. The van der Waals surface area contributed by atoms with Gasteiger partial charge in [-0.3, -0.25) is 9.78 Å². The predicted molar refractivity (Wildman–Crippen MR) is 131 cm³/mol. The molecule has 2 aromatic rings. The highest BCUT2D eigenvalue weighted by Crippen LogP contribution is 2.31. The molecule has 2 atom stereocenters. The van der Waals surface area contributed by atoms with E-state index in [0.29, 0.717) is 39.3 Å². The fourth-order valence-corrected chi connectivity index (χ4v) is 7.29. The fourth-order valence-electron chi connectivity index (χ4n) is 5.54. The first-order valence-electron chi connectivity index (χ1n) is 12.4. The standard InChI is InChI=1S/C25H34N4O4S/c1-17-8-9-23-21(14-17)24(20-6-4-5-7-22(20)26-23)25(30)27-10-12-28(13-11-27)34(31,32)29-15-18(2)33-19(3)16-29/h8-9,14,18-19H,4-7,10-13,15-16H2,1-3H3. The monoisotopic (exact) mass is 486 g/mol. The van der Waals surface area contributed by atoms with Gasteiger partial charge in [0.25, 0.3) is 16.1 Å². The molecular formula is C25H34N4O4S.